The van der Waals surface area contributed by atoms with Crippen molar-refractivity contribution in [2.45, 2.75) is 19.4 Å². The summed E-state index contributed by atoms with van der Waals surface area (Å²) in [5.74, 6) is -1.73. The molecule has 100 valence electrons. The van der Waals surface area contributed by atoms with E-state index in [1.807, 2.05) is 0 Å². The highest BCUT2D eigenvalue weighted by molar-refractivity contribution is 5.29. The molecule has 1 unspecified atom stereocenters. The molecule has 0 saturated carbocycles. The van der Waals surface area contributed by atoms with Crippen molar-refractivity contribution < 1.29 is 18.3 Å². The summed E-state index contributed by atoms with van der Waals surface area (Å²) in [6.45, 7) is 1.58. The number of hydrogen-bond acceptors (Lipinski definition) is 1. The highest BCUT2D eigenvalue weighted by Gasteiger charge is 2.16. The quantitative estimate of drug-likeness (QED) is 0.898. The lowest BCUT2D eigenvalue weighted by Gasteiger charge is -2.13. The van der Waals surface area contributed by atoms with E-state index in [1.165, 1.54) is 6.07 Å². The molecule has 0 radical (unpaired) electrons. The first kappa shape index (κ1) is 13.6. The second kappa shape index (κ2) is 5.45. The van der Waals surface area contributed by atoms with Gasteiger partial charge >= 0.3 is 0 Å². The van der Waals surface area contributed by atoms with Gasteiger partial charge in [-0.3, -0.25) is 0 Å². The van der Waals surface area contributed by atoms with Crippen LogP contribution in [0.2, 0.25) is 0 Å². The molecule has 0 aromatic heterocycles. The fourth-order valence-electron chi connectivity index (χ4n) is 1.95. The maximum atomic E-state index is 13.8. The molecule has 0 fully saturated rings. The van der Waals surface area contributed by atoms with E-state index in [2.05, 4.69) is 0 Å². The van der Waals surface area contributed by atoms with Crippen molar-refractivity contribution in [1.82, 2.24) is 0 Å². The van der Waals surface area contributed by atoms with E-state index < -0.39 is 23.6 Å². The molecule has 0 aliphatic carbocycles. The molecule has 0 saturated heterocycles. The van der Waals surface area contributed by atoms with Gasteiger partial charge in [-0.25, -0.2) is 13.2 Å². The zero-order chi connectivity index (χ0) is 14.0. The molecule has 0 aliphatic rings. The standard InChI is InChI=1S/C15H13F3O/c1-9-3-2-4-12(15(9)18)14(19)8-10-7-11(16)5-6-13(10)17/h2-7,14,19H,8H2,1H3. The molecule has 2 aromatic rings. The van der Waals surface area contributed by atoms with Gasteiger partial charge in [0, 0.05) is 12.0 Å². The molecule has 0 amide bonds. The molecule has 2 aromatic carbocycles. The van der Waals surface area contributed by atoms with Crippen LogP contribution in [-0.4, -0.2) is 5.11 Å². The Balaban J connectivity index is 2.28. The van der Waals surface area contributed by atoms with Crippen LogP contribution in [0.15, 0.2) is 36.4 Å². The number of halogens is 3. The maximum absolute atomic E-state index is 13.8. The van der Waals surface area contributed by atoms with Gasteiger partial charge in [-0.05, 0) is 36.2 Å². The highest BCUT2D eigenvalue weighted by atomic mass is 19.1. The molecule has 4 heteroatoms. The van der Waals surface area contributed by atoms with Crippen LogP contribution in [-0.2, 0) is 6.42 Å². The summed E-state index contributed by atoms with van der Waals surface area (Å²) < 4.78 is 40.3. The molecule has 1 atom stereocenters. The monoisotopic (exact) mass is 266 g/mol. The maximum Gasteiger partial charge on any atom is 0.131 e. The molecule has 1 nitrogen and oxygen atoms in total. The van der Waals surface area contributed by atoms with Crippen molar-refractivity contribution in [1.29, 1.82) is 0 Å². The van der Waals surface area contributed by atoms with Crippen LogP contribution in [0.1, 0.15) is 22.8 Å². The molecule has 0 aliphatic heterocycles. The minimum atomic E-state index is -1.21. The predicted octanol–water partition coefficient (Wildman–Crippen LogP) is 3.69. The lowest BCUT2D eigenvalue weighted by atomic mass is 9.99. The topological polar surface area (TPSA) is 20.2 Å². The summed E-state index contributed by atoms with van der Waals surface area (Å²) in [5, 5.41) is 9.97. The van der Waals surface area contributed by atoms with Gasteiger partial charge in [-0.1, -0.05) is 18.2 Å². The van der Waals surface area contributed by atoms with Gasteiger partial charge in [0.15, 0.2) is 0 Å². The first-order chi connectivity index (χ1) is 8.99. The second-order valence-corrected chi connectivity index (χ2v) is 4.43. The minimum Gasteiger partial charge on any atom is -0.388 e. The van der Waals surface area contributed by atoms with Gasteiger partial charge < -0.3 is 5.11 Å². The van der Waals surface area contributed by atoms with E-state index in [9.17, 15) is 18.3 Å². The lowest BCUT2D eigenvalue weighted by Crippen LogP contribution is -2.07. The van der Waals surface area contributed by atoms with Crippen molar-refractivity contribution in [2.75, 3.05) is 0 Å². The van der Waals surface area contributed by atoms with E-state index in [4.69, 9.17) is 0 Å². The summed E-state index contributed by atoms with van der Waals surface area (Å²) in [7, 11) is 0. The van der Waals surface area contributed by atoms with Crippen molar-refractivity contribution in [3.8, 4) is 0 Å². The third-order valence-corrected chi connectivity index (χ3v) is 3.00. The second-order valence-electron chi connectivity index (χ2n) is 4.43. The van der Waals surface area contributed by atoms with Crippen LogP contribution >= 0.6 is 0 Å². The predicted molar refractivity (Wildman–Crippen MR) is 66.2 cm³/mol. The van der Waals surface area contributed by atoms with E-state index in [-0.39, 0.29) is 17.5 Å². The summed E-state index contributed by atoms with van der Waals surface area (Å²) in [5.41, 5.74) is 0.508. The van der Waals surface area contributed by atoms with Gasteiger partial charge in [0.2, 0.25) is 0 Å². The molecular formula is C15H13F3O. The average molecular weight is 266 g/mol. The number of rotatable bonds is 3. The van der Waals surface area contributed by atoms with E-state index in [0.717, 1.165) is 18.2 Å². The summed E-state index contributed by atoms with van der Waals surface area (Å²) >= 11 is 0. The van der Waals surface area contributed by atoms with E-state index in [1.54, 1.807) is 19.1 Å². The largest absolute Gasteiger partial charge is 0.388 e. The third kappa shape index (κ3) is 2.96. The number of hydrogen-bond donors (Lipinski definition) is 1. The molecule has 2 rings (SSSR count). The van der Waals surface area contributed by atoms with Crippen LogP contribution in [0.5, 0.6) is 0 Å². The SMILES string of the molecule is Cc1cccc(C(O)Cc2cc(F)ccc2F)c1F. The molecule has 0 spiro atoms. The first-order valence-corrected chi connectivity index (χ1v) is 5.86. The lowest BCUT2D eigenvalue weighted by molar-refractivity contribution is 0.172. The molecule has 1 N–H and O–H groups in total. The Kier molecular flexibility index (Phi) is 3.90. The number of aliphatic hydroxyl groups is 1. The Bertz CT molecular complexity index is 596. The fourth-order valence-corrected chi connectivity index (χ4v) is 1.95. The molecular weight excluding hydrogens is 253 g/mol. The van der Waals surface area contributed by atoms with Crippen LogP contribution in [0, 0.1) is 24.4 Å². The van der Waals surface area contributed by atoms with Crippen LogP contribution in [0.4, 0.5) is 13.2 Å². The van der Waals surface area contributed by atoms with Crippen molar-refractivity contribution in [2.24, 2.45) is 0 Å². The van der Waals surface area contributed by atoms with Crippen molar-refractivity contribution >= 4 is 0 Å². The third-order valence-electron chi connectivity index (χ3n) is 3.00. The molecule has 0 bridgehead atoms. The Labute approximate surface area is 109 Å². The normalized spacial score (nSPS) is 12.5. The Morgan fingerprint density at radius 1 is 1.11 bits per heavy atom. The fraction of sp³-hybridized carbons (Fsp3) is 0.200. The van der Waals surface area contributed by atoms with Crippen molar-refractivity contribution in [3.63, 3.8) is 0 Å². The van der Waals surface area contributed by atoms with Gasteiger partial charge in [0.25, 0.3) is 0 Å². The van der Waals surface area contributed by atoms with Gasteiger partial charge in [0.1, 0.15) is 17.5 Å². The number of aliphatic hydroxyl groups excluding tert-OH is 1. The smallest absolute Gasteiger partial charge is 0.131 e. The zero-order valence-electron chi connectivity index (χ0n) is 10.3. The molecule has 19 heavy (non-hydrogen) atoms. The number of benzene rings is 2. The molecule has 0 heterocycles. The Morgan fingerprint density at radius 2 is 1.84 bits per heavy atom. The highest BCUT2D eigenvalue weighted by Crippen LogP contribution is 2.24. The van der Waals surface area contributed by atoms with Gasteiger partial charge in [-0.15, -0.1) is 0 Å². The number of aryl methyl sites for hydroxylation is 1. The van der Waals surface area contributed by atoms with E-state index in [0.29, 0.717) is 5.56 Å². The van der Waals surface area contributed by atoms with Crippen LogP contribution < -0.4 is 0 Å². The van der Waals surface area contributed by atoms with Crippen LogP contribution in [0.25, 0.3) is 0 Å². The first-order valence-electron chi connectivity index (χ1n) is 5.86. The minimum absolute atomic E-state index is 0.0217. The summed E-state index contributed by atoms with van der Waals surface area (Å²) in [6, 6.07) is 7.62. The summed E-state index contributed by atoms with van der Waals surface area (Å²) in [6.07, 6.45) is -1.39. The summed E-state index contributed by atoms with van der Waals surface area (Å²) in [4.78, 5) is 0. The zero-order valence-corrected chi connectivity index (χ0v) is 10.3. The van der Waals surface area contributed by atoms with Crippen molar-refractivity contribution in [3.05, 3.63) is 70.5 Å². The average Bonchev–Trinajstić information content (AvgIpc) is 2.37. The Morgan fingerprint density at radius 3 is 2.58 bits per heavy atom. The van der Waals surface area contributed by atoms with Gasteiger partial charge in [0.05, 0.1) is 6.10 Å². The van der Waals surface area contributed by atoms with Crippen LogP contribution in [0.3, 0.4) is 0 Å². The Hall–Kier alpha value is -1.81. The van der Waals surface area contributed by atoms with Gasteiger partial charge in [-0.2, -0.15) is 0 Å². The van der Waals surface area contributed by atoms with E-state index >= 15 is 0 Å².